The second-order valence-corrected chi connectivity index (χ2v) is 4.15. The fourth-order valence-corrected chi connectivity index (χ4v) is 2.35. The van der Waals surface area contributed by atoms with Gasteiger partial charge in [0.05, 0.1) is 0 Å². The molecule has 3 atom stereocenters. The average Bonchev–Trinajstić information content (AvgIpc) is 2.24. The number of nitrogens with one attached hydrogen (secondary N) is 1. The van der Waals surface area contributed by atoms with Gasteiger partial charge in [-0.05, 0) is 36.4 Å². The van der Waals surface area contributed by atoms with E-state index in [2.05, 4.69) is 30.2 Å². The highest BCUT2D eigenvalue weighted by Gasteiger charge is 2.37. The third kappa shape index (κ3) is 1.67. The molecule has 2 heteroatoms. The zero-order chi connectivity index (χ0) is 9.97. The van der Waals surface area contributed by atoms with Crippen LogP contribution in [0.1, 0.15) is 31.7 Å². The first-order chi connectivity index (χ1) is 6.83. The molecule has 1 aromatic heterocycles. The molecular weight excluding hydrogens is 172 g/mol. The van der Waals surface area contributed by atoms with E-state index in [1.54, 1.807) is 0 Å². The van der Waals surface area contributed by atoms with E-state index in [-0.39, 0.29) is 0 Å². The van der Waals surface area contributed by atoms with Crippen molar-refractivity contribution >= 4 is 0 Å². The number of pyridine rings is 1. The van der Waals surface area contributed by atoms with Crippen molar-refractivity contribution in [1.29, 1.82) is 0 Å². The third-order valence-corrected chi connectivity index (χ3v) is 3.36. The second kappa shape index (κ2) is 4.09. The zero-order valence-corrected chi connectivity index (χ0v) is 8.90. The van der Waals surface area contributed by atoms with Crippen molar-refractivity contribution in [3.63, 3.8) is 0 Å². The van der Waals surface area contributed by atoms with Gasteiger partial charge in [-0.1, -0.05) is 19.9 Å². The molecule has 1 aliphatic carbocycles. The molecule has 0 amide bonds. The number of rotatable bonds is 3. The predicted octanol–water partition coefficient (Wildman–Crippen LogP) is 2.18. The highest BCUT2D eigenvalue weighted by atomic mass is 14.9. The summed E-state index contributed by atoms with van der Waals surface area (Å²) in [5, 5.41) is 3.51. The van der Waals surface area contributed by atoms with Crippen LogP contribution < -0.4 is 5.32 Å². The van der Waals surface area contributed by atoms with Gasteiger partial charge in [-0.25, -0.2) is 0 Å². The van der Waals surface area contributed by atoms with Crippen LogP contribution in [-0.2, 0) is 0 Å². The van der Waals surface area contributed by atoms with Gasteiger partial charge in [0.15, 0.2) is 0 Å². The van der Waals surface area contributed by atoms with Gasteiger partial charge < -0.3 is 5.32 Å². The van der Waals surface area contributed by atoms with Crippen molar-refractivity contribution in [2.45, 2.75) is 32.2 Å². The lowest BCUT2D eigenvalue weighted by atomic mass is 9.67. The fourth-order valence-electron chi connectivity index (χ4n) is 2.35. The minimum atomic E-state index is 0.713. The van der Waals surface area contributed by atoms with Gasteiger partial charge in [-0.2, -0.15) is 0 Å². The fraction of sp³-hybridized carbons (Fsp3) is 0.583. The van der Waals surface area contributed by atoms with E-state index in [0.29, 0.717) is 12.0 Å². The Balaban J connectivity index is 1.98. The molecule has 76 valence electrons. The summed E-state index contributed by atoms with van der Waals surface area (Å²) in [4.78, 5) is 4.17. The summed E-state index contributed by atoms with van der Waals surface area (Å²) < 4.78 is 0. The minimum absolute atomic E-state index is 0.713. The van der Waals surface area contributed by atoms with Crippen LogP contribution in [0.2, 0.25) is 0 Å². The summed E-state index contributed by atoms with van der Waals surface area (Å²) in [7, 11) is 0. The van der Waals surface area contributed by atoms with Gasteiger partial charge in [0.1, 0.15) is 0 Å². The predicted molar refractivity (Wildman–Crippen MR) is 58.2 cm³/mol. The first kappa shape index (κ1) is 9.66. The summed E-state index contributed by atoms with van der Waals surface area (Å²) in [6.45, 7) is 5.58. The molecule has 1 N–H and O–H groups in total. The van der Waals surface area contributed by atoms with E-state index < -0.39 is 0 Å². The lowest BCUT2D eigenvalue weighted by Gasteiger charge is -2.43. The maximum atomic E-state index is 4.17. The maximum Gasteiger partial charge on any atom is 0.0302 e. The molecule has 0 saturated heterocycles. The average molecular weight is 190 g/mol. The topological polar surface area (TPSA) is 24.9 Å². The van der Waals surface area contributed by atoms with Crippen LogP contribution in [0.25, 0.3) is 0 Å². The lowest BCUT2D eigenvalue weighted by Crippen LogP contribution is -2.47. The molecule has 0 spiro atoms. The molecule has 1 saturated carbocycles. The molecule has 0 radical (unpaired) electrons. The monoisotopic (exact) mass is 190 g/mol. The zero-order valence-electron chi connectivity index (χ0n) is 8.90. The first-order valence-corrected chi connectivity index (χ1v) is 5.46. The second-order valence-electron chi connectivity index (χ2n) is 4.15. The molecule has 0 aromatic carbocycles. The SMILES string of the molecule is CCNC1CC(c2cccnc2)C1C. The third-order valence-electron chi connectivity index (χ3n) is 3.36. The summed E-state index contributed by atoms with van der Waals surface area (Å²) in [5.74, 6) is 1.46. The van der Waals surface area contributed by atoms with Crippen molar-refractivity contribution in [2.75, 3.05) is 6.54 Å². The summed E-state index contributed by atoms with van der Waals surface area (Å²) in [5.41, 5.74) is 1.40. The Hall–Kier alpha value is -0.890. The number of hydrogen-bond acceptors (Lipinski definition) is 2. The van der Waals surface area contributed by atoms with E-state index in [4.69, 9.17) is 0 Å². The smallest absolute Gasteiger partial charge is 0.0302 e. The van der Waals surface area contributed by atoms with Crippen molar-refractivity contribution in [3.05, 3.63) is 30.1 Å². The standard InChI is InChI=1S/C12H18N2/c1-3-14-12-7-11(9(12)2)10-5-4-6-13-8-10/h4-6,8-9,11-12,14H,3,7H2,1-2H3. The first-order valence-electron chi connectivity index (χ1n) is 5.46. The van der Waals surface area contributed by atoms with Crippen molar-refractivity contribution in [3.8, 4) is 0 Å². The van der Waals surface area contributed by atoms with Gasteiger partial charge in [0.2, 0.25) is 0 Å². The molecule has 0 aliphatic heterocycles. The Morgan fingerprint density at radius 2 is 2.43 bits per heavy atom. The molecule has 1 heterocycles. The number of nitrogens with zero attached hydrogens (tertiary/aromatic N) is 1. The summed E-state index contributed by atoms with van der Waals surface area (Å²) >= 11 is 0. The number of hydrogen-bond donors (Lipinski definition) is 1. The van der Waals surface area contributed by atoms with Crippen LogP contribution in [0.4, 0.5) is 0 Å². The van der Waals surface area contributed by atoms with Crippen molar-refractivity contribution < 1.29 is 0 Å². The highest BCUT2D eigenvalue weighted by molar-refractivity contribution is 5.20. The van der Waals surface area contributed by atoms with Gasteiger partial charge in [-0.3, -0.25) is 4.98 Å². The Morgan fingerprint density at radius 3 is 3.00 bits per heavy atom. The molecule has 3 unspecified atom stereocenters. The molecule has 0 bridgehead atoms. The largest absolute Gasteiger partial charge is 0.314 e. The van der Waals surface area contributed by atoms with E-state index >= 15 is 0 Å². The van der Waals surface area contributed by atoms with Crippen LogP contribution in [0, 0.1) is 5.92 Å². The Labute approximate surface area is 85.7 Å². The summed E-state index contributed by atoms with van der Waals surface area (Å²) in [6.07, 6.45) is 5.11. The van der Waals surface area contributed by atoms with E-state index in [1.165, 1.54) is 12.0 Å². The van der Waals surface area contributed by atoms with Gasteiger partial charge in [-0.15, -0.1) is 0 Å². The van der Waals surface area contributed by atoms with Gasteiger partial charge in [0, 0.05) is 18.4 Å². The maximum absolute atomic E-state index is 4.17. The van der Waals surface area contributed by atoms with E-state index in [0.717, 1.165) is 12.5 Å². The Bertz CT molecular complexity index is 284. The molecule has 1 fully saturated rings. The Kier molecular flexibility index (Phi) is 2.82. The molecule has 2 rings (SSSR count). The molecular formula is C12H18N2. The highest BCUT2D eigenvalue weighted by Crippen LogP contribution is 2.41. The Morgan fingerprint density at radius 1 is 1.57 bits per heavy atom. The van der Waals surface area contributed by atoms with Gasteiger partial charge in [0.25, 0.3) is 0 Å². The van der Waals surface area contributed by atoms with Crippen molar-refractivity contribution in [1.82, 2.24) is 10.3 Å². The van der Waals surface area contributed by atoms with Crippen LogP contribution in [-0.4, -0.2) is 17.6 Å². The minimum Gasteiger partial charge on any atom is -0.314 e. The molecule has 1 aliphatic rings. The van der Waals surface area contributed by atoms with Crippen LogP contribution >= 0.6 is 0 Å². The van der Waals surface area contributed by atoms with Gasteiger partial charge >= 0.3 is 0 Å². The van der Waals surface area contributed by atoms with E-state index in [9.17, 15) is 0 Å². The van der Waals surface area contributed by atoms with Crippen LogP contribution in [0.5, 0.6) is 0 Å². The van der Waals surface area contributed by atoms with E-state index in [1.807, 2.05) is 18.5 Å². The van der Waals surface area contributed by atoms with Crippen LogP contribution in [0.3, 0.4) is 0 Å². The normalized spacial score (nSPS) is 31.1. The lowest BCUT2D eigenvalue weighted by molar-refractivity contribution is 0.187. The number of aromatic nitrogens is 1. The molecule has 14 heavy (non-hydrogen) atoms. The van der Waals surface area contributed by atoms with Crippen molar-refractivity contribution in [2.24, 2.45) is 5.92 Å². The quantitative estimate of drug-likeness (QED) is 0.790. The summed E-state index contributed by atoms with van der Waals surface area (Å²) in [6, 6.07) is 4.93. The molecule has 2 nitrogen and oxygen atoms in total. The van der Waals surface area contributed by atoms with Crippen LogP contribution in [0.15, 0.2) is 24.5 Å². The molecule has 1 aromatic rings.